The molecule has 0 spiro atoms. The normalized spacial score (nSPS) is 24.7. The summed E-state index contributed by atoms with van der Waals surface area (Å²) in [6, 6.07) is 0. The second kappa shape index (κ2) is 3.16. The van der Waals surface area contributed by atoms with E-state index >= 15 is 0 Å². The number of halogens is 1. The Kier molecular flexibility index (Phi) is 2.64. The van der Waals surface area contributed by atoms with Crippen LogP contribution in [0.15, 0.2) is 21.8 Å². The smallest absolute Gasteiger partial charge is 0.0438 e. The van der Waals surface area contributed by atoms with Gasteiger partial charge in [0.2, 0.25) is 0 Å². The number of allylic oxidation sites excluding steroid dienone is 4. The Morgan fingerprint density at radius 1 is 1.08 bits per heavy atom. The van der Waals surface area contributed by atoms with Gasteiger partial charge in [0.1, 0.15) is 0 Å². The van der Waals surface area contributed by atoms with Crippen molar-refractivity contribution in [2.24, 2.45) is 11.3 Å². The van der Waals surface area contributed by atoms with Crippen LogP contribution in [0.4, 0.5) is 0 Å². The van der Waals surface area contributed by atoms with Gasteiger partial charge in [-0.05, 0) is 36.3 Å². The molecule has 0 bridgehead atoms. The van der Waals surface area contributed by atoms with Gasteiger partial charge in [-0.15, -0.1) is 0 Å². The molecule has 0 aromatic heterocycles. The first-order valence-corrected chi connectivity index (χ1v) is 5.22. The predicted octanol–water partition coefficient (Wildman–Crippen LogP) is 4.51. The van der Waals surface area contributed by atoms with E-state index in [1.807, 2.05) is 0 Å². The van der Waals surface area contributed by atoms with Crippen molar-refractivity contribution in [3.05, 3.63) is 21.8 Å². The highest BCUT2D eigenvalue weighted by Gasteiger charge is 2.31. The third-order valence-electron chi connectivity index (χ3n) is 3.01. The second-order valence-electron chi connectivity index (χ2n) is 5.03. The van der Waals surface area contributed by atoms with E-state index in [0.29, 0.717) is 5.92 Å². The highest BCUT2D eigenvalue weighted by molar-refractivity contribution is 6.33. The number of rotatable bonds is 0. The zero-order chi connectivity index (χ0) is 10.4. The van der Waals surface area contributed by atoms with Crippen LogP contribution in [-0.4, -0.2) is 0 Å². The summed E-state index contributed by atoms with van der Waals surface area (Å²) in [4.78, 5) is 0. The summed E-state index contributed by atoms with van der Waals surface area (Å²) < 4.78 is 0. The maximum absolute atomic E-state index is 6.32. The molecule has 0 aromatic rings. The molecule has 1 rings (SSSR count). The molecule has 0 nitrogen and oxygen atoms in total. The van der Waals surface area contributed by atoms with Gasteiger partial charge in [0, 0.05) is 5.03 Å². The standard InChI is InChI=1S/C12H19Cl/c1-7-8(2)10(12(4,5)6)11(13)9(7)3/h7H,1-6H3. The van der Waals surface area contributed by atoms with Crippen molar-refractivity contribution in [2.75, 3.05) is 0 Å². The Balaban J connectivity index is 3.24. The molecule has 1 atom stereocenters. The highest BCUT2D eigenvalue weighted by atomic mass is 35.5. The molecule has 0 amide bonds. The van der Waals surface area contributed by atoms with E-state index in [-0.39, 0.29) is 5.41 Å². The Bertz CT molecular complexity index is 287. The minimum atomic E-state index is 0.174. The molecule has 0 aromatic carbocycles. The Morgan fingerprint density at radius 3 is 1.69 bits per heavy atom. The summed E-state index contributed by atoms with van der Waals surface area (Å²) in [5.41, 5.74) is 4.28. The number of hydrogen-bond acceptors (Lipinski definition) is 0. The lowest BCUT2D eigenvalue weighted by molar-refractivity contribution is 0.509. The quantitative estimate of drug-likeness (QED) is 0.537. The zero-order valence-electron chi connectivity index (χ0n) is 9.46. The minimum absolute atomic E-state index is 0.174. The van der Waals surface area contributed by atoms with E-state index in [0.717, 1.165) is 5.03 Å². The lowest BCUT2D eigenvalue weighted by atomic mass is 9.84. The van der Waals surface area contributed by atoms with Crippen LogP contribution >= 0.6 is 11.6 Å². The highest BCUT2D eigenvalue weighted by Crippen LogP contribution is 2.46. The molecule has 1 heteroatoms. The molecule has 0 aliphatic heterocycles. The van der Waals surface area contributed by atoms with Crippen molar-refractivity contribution in [3.8, 4) is 0 Å². The Hall–Kier alpha value is -0.230. The third kappa shape index (κ3) is 1.69. The van der Waals surface area contributed by atoms with Crippen molar-refractivity contribution in [1.82, 2.24) is 0 Å². The second-order valence-corrected chi connectivity index (χ2v) is 5.40. The van der Waals surface area contributed by atoms with Gasteiger partial charge in [-0.2, -0.15) is 0 Å². The SMILES string of the molecule is CC1=C(Cl)C(C(C)(C)C)=C(C)C1C. The van der Waals surface area contributed by atoms with Crippen LogP contribution in [0.3, 0.4) is 0 Å². The zero-order valence-corrected chi connectivity index (χ0v) is 10.2. The van der Waals surface area contributed by atoms with E-state index in [9.17, 15) is 0 Å². The molecule has 0 saturated heterocycles. The third-order valence-corrected chi connectivity index (χ3v) is 3.50. The van der Waals surface area contributed by atoms with Gasteiger partial charge < -0.3 is 0 Å². The predicted molar refractivity (Wildman–Crippen MR) is 59.9 cm³/mol. The summed E-state index contributed by atoms with van der Waals surface area (Å²) in [7, 11) is 0. The number of hydrogen-bond donors (Lipinski definition) is 0. The summed E-state index contributed by atoms with van der Waals surface area (Å²) in [5, 5.41) is 0.998. The molecular weight excluding hydrogens is 180 g/mol. The van der Waals surface area contributed by atoms with Crippen LogP contribution in [0.25, 0.3) is 0 Å². The molecule has 1 unspecified atom stereocenters. The van der Waals surface area contributed by atoms with Crippen molar-refractivity contribution in [2.45, 2.75) is 41.5 Å². The van der Waals surface area contributed by atoms with Crippen molar-refractivity contribution in [3.63, 3.8) is 0 Å². The first-order valence-electron chi connectivity index (χ1n) is 4.84. The molecule has 0 radical (unpaired) electrons. The summed E-state index contributed by atoms with van der Waals surface area (Å²) in [5.74, 6) is 0.529. The van der Waals surface area contributed by atoms with Crippen LogP contribution < -0.4 is 0 Å². The van der Waals surface area contributed by atoms with Gasteiger partial charge in [0.05, 0.1) is 0 Å². The fourth-order valence-corrected chi connectivity index (χ4v) is 2.62. The van der Waals surface area contributed by atoms with Crippen LogP contribution in [-0.2, 0) is 0 Å². The molecular formula is C12H19Cl. The summed E-state index contributed by atoms with van der Waals surface area (Å²) >= 11 is 6.32. The molecule has 0 N–H and O–H groups in total. The summed E-state index contributed by atoms with van der Waals surface area (Å²) in [6.45, 7) is 13.2. The van der Waals surface area contributed by atoms with Gasteiger partial charge in [-0.25, -0.2) is 0 Å². The van der Waals surface area contributed by atoms with Crippen LogP contribution in [0.2, 0.25) is 0 Å². The molecule has 1 aliphatic rings. The maximum Gasteiger partial charge on any atom is 0.0438 e. The minimum Gasteiger partial charge on any atom is -0.0841 e. The molecule has 13 heavy (non-hydrogen) atoms. The Morgan fingerprint density at radius 2 is 1.54 bits per heavy atom. The average Bonchev–Trinajstić information content (AvgIpc) is 2.14. The van der Waals surface area contributed by atoms with Gasteiger partial charge in [0.25, 0.3) is 0 Å². The first-order chi connectivity index (χ1) is 5.76. The van der Waals surface area contributed by atoms with E-state index in [1.165, 1.54) is 16.7 Å². The molecule has 1 aliphatic carbocycles. The topological polar surface area (TPSA) is 0 Å². The van der Waals surface area contributed by atoms with E-state index < -0.39 is 0 Å². The van der Waals surface area contributed by atoms with Gasteiger partial charge in [-0.1, -0.05) is 44.9 Å². The molecule has 0 heterocycles. The molecule has 74 valence electrons. The van der Waals surface area contributed by atoms with Gasteiger partial charge in [-0.3, -0.25) is 0 Å². The van der Waals surface area contributed by atoms with Crippen molar-refractivity contribution >= 4 is 11.6 Å². The fraction of sp³-hybridized carbons (Fsp3) is 0.667. The maximum atomic E-state index is 6.32. The van der Waals surface area contributed by atoms with Gasteiger partial charge >= 0.3 is 0 Å². The summed E-state index contributed by atoms with van der Waals surface area (Å²) in [6.07, 6.45) is 0. The molecule has 0 saturated carbocycles. The lowest BCUT2D eigenvalue weighted by Gasteiger charge is -2.22. The monoisotopic (exact) mass is 198 g/mol. The van der Waals surface area contributed by atoms with Crippen LogP contribution in [0.1, 0.15) is 41.5 Å². The van der Waals surface area contributed by atoms with Crippen LogP contribution in [0, 0.1) is 11.3 Å². The Labute approximate surface area is 86.7 Å². The average molecular weight is 199 g/mol. The first kappa shape index (κ1) is 10.8. The lowest BCUT2D eigenvalue weighted by Crippen LogP contribution is -2.10. The molecule has 0 fully saturated rings. The van der Waals surface area contributed by atoms with Crippen LogP contribution in [0.5, 0.6) is 0 Å². The van der Waals surface area contributed by atoms with Gasteiger partial charge in [0.15, 0.2) is 0 Å². The fourth-order valence-electron chi connectivity index (χ4n) is 2.02. The van der Waals surface area contributed by atoms with E-state index in [2.05, 4.69) is 41.5 Å². The van der Waals surface area contributed by atoms with Crippen molar-refractivity contribution < 1.29 is 0 Å². The largest absolute Gasteiger partial charge is 0.0841 e. The van der Waals surface area contributed by atoms with E-state index in [1.54, 1.807) is 0 Å². The van der Waals surface area contributed by atoms with Crippen molar-refractivity contribution in [1.29, 1.82) is 0 Å². The van der Waals surface area contributed by atoms with E-state index in [4.69, 9.17) is 11.6 Å².